The molecular formula is C12H18ClNS. The van der Waals surface area contributed by atoms with Crippen molar-refractivity contribution in [2.24, 2.45) is 5.41 Å². The fraction of sp³-hybridized carbons (Fsp3) is 0.667. The van der Waals surface area contributed by atoms with Crippen LogP contribution in [-0.4, -0.2) is 6.04 Å². The normalized spacial score (nSPS) is 24.6. The van der Waals surface area contributed by atoms with Gasteiger partial charge in [0.05, 0.1) is 4.34 Å². The van der Waals surface area contributed by atoms with Gasteiger partial charge in [-0.2, -0.15) is 0 Å². The summed E-state index contributed by atoms with van der Waals surface area (Å²) in [5, 5.41) is 3.62. The first-order chi connectivity index (χ1) is 7.05. The van der Waals surface area contributed by atoms with Gasteiger partial charge in [0.15, 0.2) is 0 Å². The molecule has 1 N–H and O–H groups in total. The molecule has 0 saturated heterocycles. The van der Waals surface area contributed by atoms with Crippen LogP contribution in [0, 0.1) is 5.41 Å². The van der Waals surface area contributed by atoms with E-state index in [4.69, 9.17) is 11.6 Å². The highest BCUT2D eigenvalue weighted by Gasteiger charge is 2.30. The molecule has 1 nitrogen and oxygen atoms in total. The van der Waals surface area contributed by atoms with Gasteiger partial charge in [-0.05, 0) is 36.8 Å². The third kappa shape index (κ3) is 3.20. The molecule has 84 valence electrons. The first-order valence-electron chi connectivity index (χ1n) is 5.53. The molecular weight excluding hydrogens is 226 g/mol. The van der Waals surface area contributed by atoms with Gasteiger partial charge in [-0.1, -0.05) is 25.4 Å². The molecule has 1 aromatic rings. The molecule has 1 unspecified atom stereocenters. The summed E-state index contributed by atoms with van der Waals surface area (Å²) in [6.07, 6.45) is 3.95. The fourth-order valence-corrected chi connectivity index (χ4v) is 3.34. The molecule has 0 amide bonds. The van der Waals surface area contributed by atoms with Gasteiger partial charge in [0.2, 0.25) is 0 Å². The highest BCUT2D eigenvalue weighted by atomic mass is 35.5. The average Bonchev–Trinajstić information content (AvgIpc) is 2.69. The third-order valence-electron chi connectivity index (χ3n) is 3.16. The van der Waals surface area contributed by atoms with Crippen LogP contribution < -0.4 is 5.32 Å². The second kappa shape index (κ2) is 4.44. The predicted octanol–water partition coefficient (Wildman–Crippen LogP) is 4.07. The number of hydrogen-bond donors (Lipinski definition) is 1. The van der Waals surface area contributed by atoms with Crippen molar-refractivity contribution >= 4 is 22.9 Å². The molecule has 0 bridgehead atoms. The van der Waals surface area contributed by atoms with Crippen molar-refractivity contribution in [3.05, 3.63) is 21.3 Å². The number of halogens is 1. The van der Waals surface area contributed by atoms with Crippen molar-refractivity contribution in [1.82, 2.24) is 5.32 Å². The van der Waals surface area contributed by atoms with Crippen molar-refractivity contribution in [2.45, 2.75) is 45.7 Å². The van der Waals surface area contributed by atoms with Crippen LogP contribution in [0.5, 0.6) is 0 Å². The Morgan fingerprint density at radius 1 is 1.53 bits per heavy atom. The average molecular weight is 244 g/mol. The minimum atomic E-state index is 0.533. The lowest BCUT2D eigenvalue weighted by Crippen LogP contribution is -2.26. The number of thiophene rings is 1. The van der Waals surface area contributed by atoms with E-state index in [-0.39, 0.29) is 0 Å². The smallest absolute Gasteiger partial charge is 0.0931 e. The van der Waals surface area contributed by atoms with Crippen LogP contribution in [0.15, 0.2) is 12.1 Å². The van der Waals surface area contributed by atoms with Crippen molar-refractivity contribution < 1.29 is 0 Å². The molecule has 0 spiro atoms. The first kappa shape index (κ1) is 11.4. The van der Waals surface area contributed by atoms with Crippen molar-refractivity contribution in [3.63, 3.8) is 0 Å². The summed E-state index contributed by atoms with van der Waals surface area (Å²) in [4.78, 5) is 1.34. The van der Waals surface area contributed by atoms with E-state index in [2.05, 4.69) is 25.2 Å². The van der Waals surface area contributed by atoms with Crippen LogP contribution in [0.2, 0.25) is 4.34 Å². The van der Waals surface area contributed by atoms with Crippen LogP contribution in [0.3, 0.4) is 0 Å². The monoisotopic (exact) mass is 243 g/mol. The molecule has 0 radical (unpaired) electrons. The summed E-state index contributed by atoms with van der Waals surface area (Å²) in [5.74, 6) is 0. The molecule has 1 fully saturated rings. The van der Waals surface area contributed by atoms with Gasteiger partial charge in [0.1, 0.15) is 0 Å². The maximum atomic E-state index is 5.89. The summed E-state index contributed by atoms with van der Waals surface area (Å²) < 4.78 is 0.888. The lowest BCUT2D eigenvalue weighted by molar-refractivity contribution is 0.364. The van der Waals surface area contributed by atoms with E-state index in [1.165, 1.54) is 24.1 Å². The van der Waals surface area contributed by atoms with Crippen LogP contribution in [0.4, 0.5) is 0 Å². The van der Waals surface area contributed by atoms with E-state index < -0.39 is 0 Å². The molecule has 1 atom stereocenters. The van der Waals surface area contributed by atoms with E-state index in [0.29, 0.717) is 11.5 Å². The predicted molar refractivity (Wildman–Crippen MR) is 67.6 cm³/mol. The van der Waals surface area contributed by atoms with Crippen molar-refractivity contribution in [3.8, 4) is 0 Å². The maximum Gasteiger partial charge on any atom is 0.0931 e. The second-order valence-electron chi connectivity index (χ2n) is 5.19. The molecule has 1 heterocycles. The van der Waals surface area contributed by atoms with Gasteiger partial charge in [-0.15, -0.1) is 11.3 Å². The van der Waals surface area contributed by atoms with Crippen molar-refractivity contribution in [1.29, 1.82) is 0 Å². The van der Waals surface area contributed by atoms with Gasteiger partial charge >= 0.3 is 0 Å². The number of rotatable bonds is 3. The Balaban J connectivity index is 1.80. The van der Waals surface area contributed by atoms with Gasteiger partial charge < -0.3 is 5.32 Å². The molecule has 1 aliphatic rings. The van der Waals surface area contributed by atoms with Crippen LogP contribution in [0.25, 0.3) is 0 Å². The molecule has 0 aromatic carbocycles. The second-order valence-corrected chi connectivity index (χ2v) is 6.99. The minimum absolute atomic E-state index is 0.533. The maximum absolute atomic E-state index is 5.89. The van der Waals surface area contributed by atoms with Crippen LogP contribution in [0.1, 0.15) is 38.0 Å². The first-order valence-corrected chi connectivity index (χ1v) is 6.72. The summed E-state index contributed by atoms with van der Waals surface area (Å²) in [5.41, 5.74) is 0.533. The fourth-order valence-electron chi connectivity index (χ4n) is 2.30. The Labute approximate surface area is 101 Å². The number of nitrogens with one attached hydrogen (secondary N) is 1. The molecule has 0 aliphatic heterocycles. The zero-order chi connectivity index (χ0) is 10.9. The van der Waals surface area contributed by atoms with Gasteiger partial charge in [0.25, 0.3) is 0 Å². The van der Waals surface area contributed by atoms with Gasteiger partial charge in [-0.25, -0.2) is 0 Å². The van der Waals surface area contributed by atoms with E-state index in [9.17, 15) is 0 Å². The van der Waals surface area contributed by atoms with E-state index in [1.807, 2.05) is 6.07 Å². The Morgan fingerprint density at radius 2 is 2.33 bits per heavy atom. The molecule has 15 heavy (non-hydrogen) atoms. The Kier molecular flexibility index (Phi) is 3.39. The van der Waals surface area contributed by atoms with Crippen molar-refractivity contribution in [2.75, 3.05) is 0 Å². The van der Waals surface area contributed by atoms with E-state index in [1.54, 1.807) is 11.3 Å². The Morgan fingerprint density at radius 3 is 2.87 bits per heavy atom. The molecule has 1 aromatic heterocycles. The zero-order valence-corrected chi connectivity index (χ0v) is 10.9. The zero-order valence-electron chi connectivity index (χ0n) is 9.35. The molecule has 1 saturated carbocycles. The topological polar surface area (TPSA) is 12.0 Å². The summed E-state index contributed by atoms with van der Waals surface area (Å²) in [7, 11) is 0. The minimum Gasteiger partial charge on any atom is -0.309 e. The standard InChI is InChI=1S/C12H18ClNS/c1-12(2)6-5-9(7-12)14-8-10-3-4-11(13)15-10/h3-4,9,14H,5-8H2,1-2H3. The SMILES string of the molecule is CC1(C)CCC(NCc2ccc(Cl)s2)C1. The van der Waals surface area contributed by atoms with Gasteiger partial charge in [-0.3, -0.25) is 0 Å². The molecule has 3 heteroatoms. The van der Waals surface area contributed by atoms with Gasteiger partial charge in [0, 0.05) is 17.5 Å². The van der Waals surface area contributed by atoms with Crippen LogP contribution in [-0.2, 0) is 6.54 Å². The largest absolute Gasteiger partial charge is 0.309 e. The Hall–Kier alpha value is -0.0500. The summed E-state index contributed by atoms with van der Waals surface area (Å²) in [6.45, 7) is 5.69. The van der Waals surface area contributed by atoms with E-state index >= 15 is 0 Å². The highest BCUT2D eigenvalue weighted by molar-refractivity contribution is 7.16. The lowest BCUT2D eigenvalue weighted by Gasteiger charge is -2.17. The molecule has 2 rings (SSSR count). The summed E-state index contributed by atoms with van der Waals surface area (Å²) >= 11 is 7.57. The van der Waals surface area contributed by atoms with E-state index in [0.717, 1.165) is 10.9 Å². The van der Waals surface area contributed by atoms with Crippen LogP contribution >= 0.6 is 22.9 Å². The quantitative estimate of drug-likeness (QED) is 0.844. The molecule has 1 aliphatic carbocycles. The lowest BCUT2D eigenvalue weighted by atomic mass is 9.92. The Bertz CT molecular complexity index is 332. The third-order valence-corrected chi connectivity index (χ3v) is 4.39. The number of hydrogen-bond acceptors (Lipinski definition) is 2. The highest BCUT2D eigenvalue weighted by Crippen LogP contribution is 2.37. The summed E-state index contributed by atoms with van der Waals surface area (Å²) in [6, 6.07) is 4.78.